The van der Waals surface area contributed by atoms with Crippen molar-refractivity contribution in [2.24, 2.45) is 17.6 Å². The fourth-order valence-corrected chi connectivity index (χ4v) is 4.82. The highest BCUT2D eigenvalue weighted by Gasteiger charge is 2.33. The van der Waals surface area contributed by atoms with E-state index in [1.54, 1.807) is 26.8 Å². The van der Waals surface area contributed by atoms with Gasteiger partial charge in [-0.1, -0.05) is 44.2 Å². The molecular formula is C31H43N3O8. The molecule has 1 aliphatic carbocycles. The summed E-state index contributed by atoms with van der Waals surface area (Å²) < 4.78 is 55.3. The number of Topliss-reactive ketones (excluding diaryl/α,β-unsaturated/α-hetero) is 1. The monoisotopic (exact) mass is 590 g/mol. The van der Waals surface area contributed by atoms with Crippen molar-refractivity contribution in [2.75, 3.05) is 20.7 Å². The summed E-state index contributed by atoms with van der Waals surface area (Å²) in [5, 5.41) is 15.9. The van der Waals surface area contributed by atoms with Gasteiger partial charge in [0.1, 0.15) is 6.10 Å². The third-order valence-corrected chi connectivity index (χ3v) is 7.04. The molecule has 0 radical (unpaired) electrons. The summed E-state index contributed by atoms with van der Waals surface area (Å²) in [6.45, 7) is 2.60. The van der Waals surface area contributed by atoms with Crippen LogP contribution < -0.4 is 16.4 Å². The van der Waals surface area contributed by atoms with Crippen LogP contribution in [0, 0.1) is 11.8 Å². The number of nitrogens with two attached hydrogens (primary N) is 1. The standard InChI is InChI=1S/C31H43N3O8/c1-8-12-33-26-21-13-17(2)14-25(41-7)27(36)19(4)15-20(5)29(42-31(32)39)24(40-6)11-9-10-18(3)30(38)34-22(28(21)37)16-23(26)35/h8-11,15-17,19,24-25,27,29,33,36H,1,12-14H2,2-7H3,(H2,32,39)(H,34,38)/t17-,19+,24+,25+,27+,29+/m1/s1/i1D2,8D,12D2. The van der Waals surface area contributed by atoms with Gasteiger partial charge in [-0.25, -0.2) is 4.79 Å². The Morgan fingerprint density at radius 3 is 2.64 bits per heavy atom. The number of aliphatic hydroxyl groups excluding tert-OH is 1. The quantitative estimate of drug-likeness (QED) is 0.269. The second-order valence-corrected chi connectivity index (χ2v) is 10.3. The number of hydrogen-bond donors (Lipinski definition) is 4. The molecule has 0 aromatic heterocycles. The predicted molar refractivity (Wildman–Crippen MR) is 158 cm³/mol. The lowest BCUT2D eigenvalue weighted by molar-refractivity contribution is -0.120. The minimum Gasteiger partial charge on any atom is -0.439 e. The summed E-state index contributed by atoms with van der Waals surface area (Å²) in [7, 11) is 2.78. The van der Waals surface area contributed by atoms with Gasteiger partial charge in [0.25, 0.3) is 5.91 Å². The van der Waals surface area contributed by atoms with Gasteiger partial charge in [-0.2, -0.15) is 0 Å². The number of hydrogen-bond acceptors (Lipinski definition) is 9. The molecule has 5 N–H and O–H groups in total. The molecule has 0 unspecified atom stereocenters. The van der Waals surface area contributed by atoms with Crippen LogP contribution in [0.25, 0.3) is 0 Å². The van der Waals surface area contributed by atoms with E-state index in [2.05, 4.69) is 10.6 Å². The van der Waals surface area contributed by atoms with Crippen LogP contribution >= 0.6 is 0 Å². The molecule has 230 valence electrons. The van der Waals surface area contributed by atoms with E-state index in [0.29, 0.717) is 5.57 Å². The molecule has 6 atom stereocenters. The van der Waals surface area contributed by atoms with Crippen LogP contribution in [0.5, 0.6) is 0 Å². The highest BCUT2D eigenvalue weighted by Crippen LogP contribution is 2.28. The van der Waals surface area contributed by atoms with Crippen LogP contribution in [-0.4, -0.2) is 73.8 Å². The second kappa shape index (κ2) is 16.0. The van der Waals surface area contributed by atoms with E-state index in [9.17, 15) is 24.3 Å². The Kier molecular flexibility index (Phi) is 10.3. The predicted octanol–water partition coefficient (Wildman–Crippen LogP) is 2.54. The van der Waals surface area contributed by atoms with E-state index >= 15 is 0 Å². The number of ether oxygens (including phenoxy) is 3. The van der Waals surface area contributed by atoms with Crippen LogP contribution in [0.4, 0.5) is 4.79 Å². The maximum atomic E-state index is 13.7. The topological polar surface area (TPSA) is 166 Å². The average Bonchev–Trinajstić information content (AvgIpc) is 2.99. The van der Waals surface area contributed by atoms with Gasteiger partial charge >= 0.3 is 6.09 Å². The molecule has 0 aromatic carbocycles. The molecule has 2 amide bonds. The summed E-state index contributed by atoms with van der Waals surface area (Å²) in [4.78, 5) is 51.9. The Hall–Kier alpha value is -3.80. The van der Waals surface area contributed by atoms with Gasteiger partial charge in [0.05, 0.1) is 30.5 Å². The number of amides is 2. The van der Waals surface area contributed by atoms with Crippen LogP contribution in [0.3, 0.4) is 0 Å². The van der Waals surface area contributed by atoms with Crippen LogP contribution in [-0.2, 0) is 28.6 Å². The zero-order valence-corrected chi connectivity index (χ0v) is 24.6. The number of ketones is 2. The third-order valence-electron chi connectivity index (χ3n) is 7.04. The number of fused-ring (bicyclic) bond motifs is 2. The van der Waals surface area contributed by atoms with Crippen LogP contribution in [0.15, 0.2) is 71.1 Å². The first kappa shape index (κ1) is 27.1. The van der Waals surface area contributed by atoms with Gasteiger partial charge in [-0.3, -0.25) is 14.4 Å². The van der Waals surface area contributed by atoms with Crippen molar-refractivity contribution in [3.63, 3.8) is 0 Å². The van der Waals surface area contributed by atoms with Gasteiger partial charge < -0.3 is 35.7 Å². The molecule has 0 aromatic rings. The molecule has 2 bridgehead atoms. The van der Waals surface area contributed by atoms with Gasteiger partial charge in [0.2, 0.25) is 11.6 Å². The van der Waals surface area contributed by atoms with Crippen molar-refractivity contribution in [1.82, 2.24) is 10.6 Å². The number of rotatable bonds is 6. The number of primary amides is 1. The highest BCUT2D eigenvalue weighted by molar-refractivity contribution is 6.23. The van der Waals surface area contributed by atoms with E-state index < -0.39 is 84.6 Å². The lowest BCUT2D eigenvalue weighted by Crippen LogP contribution is -2.37. The molecule has 11 nitrogen and oxygen atoms in total. The fraction of sp³-hybridized carbons (Fsp3) is 0.484. The third kappa shape index (κ3) is 9.10. The first-order valence-corrected chi connectivity index (χ1v) is 13.4. The lowest BCUT2D eigenvalue weighted by atomic mass is 9.85. The van der Waals surface area contributed by atoms with Crippen molar-refractivity contribution in [2.45, 2.75) is 65.0 Å². The molecule has 2 aliphatic rings. The fourth-order valence-electron chi connectivity index (χ4n) is 4.82. The summed E-state index contributed by atoms with van der Waals surface area (Å²) in [6, 6.07) is -1.06. The lowest BCUT2D eigenvalue weighted by Gasteiger charge is -2.30. The van der Waals surface area contributed by atoms with Crippen molar-refractivity contribution < 1.29 is 45.3 Å². The smallest absolute Gasteiger partial charge is 0.405 e. The first-order valence-electron chi connectivity index (χ1n) is 15.9. The summed E-state index contributed by atoms with van der Waals surface area (Å²) in [6.07, 6.45) is 2.15. The number of nitrogens with one attached hydrogen (secondary N) is 2. The van der Waals surface area contributed by atoms with Crippen molar-refractivity contribution in [3.8, 4) is 0 Å². The van der Waals surface area contributed by atoms with Crippen molar-refractivity contribution in [1.29, 1.82) is 0 Å². The Morgan fingerprint density at radius 2 is 2.02 bits per heavy atom. The summed E-state index contributed by atoms with van der Waals surface area (Å²) in [5.41, 5.74) is 4.91. The molecule has 0 saturated heterocycles. The first-order chi connectivity index (χ1) is 21.8. The largest absolute Gasteiger partial charge is 0.439 e. The van der Waals surface area contributed by atoms with E-state index in [0.717, 1.165) is 6.08 Å². The Balaban J connectivity index is 2.71. The number of methoxy groups -OCH3 is 2. The van der Waals surface area contributed by atoms with Gasteiger partial charge in [0.15, 0.2) is 6.10 Å². The van der Waals surface area contributed by atoms with Gasteiger partial charge in [0, 0.05) is 43.9 Å². The molecule has 11 heteroatoms. The van der Waals surface area contributed by atoms with Crippen molar-refractivity contribution in [3.05, 3.63) is 71.1 Å². The molecule has 0 saturated carbocycles. The molecule has 1 aliphatic heterocycles. The highest BCUT2D eigenvalue weighted by atomic mass is 16.6. The molecule has 0 fully saturated rings. The minimum atomic E-state index is -2.86. The van der Waals surface area contributed by atoms with Gasteiger partial charge in [-0.05, 0) is 38.2 Å². The Morgan fingerprint density at radius 1 is 1.31 bits per heavy atom. The molecule has 42 heavy (non-hydrogen) atoms. The number of aliphatic hydroxyl groups is 1. The minimum absolute atomic E-state index is 0.121. The number of allylic oxidation sites excluding steroid dienone is 4. The summed E-state index contributed by atoms with van der Waals surface area (Å²) >= 11 is 0. The van der Waals surface area contributed by atoms with E-state index in [1.165, 1.54) is 39.4 Å². The molecular weight excluding hydrogens is 542 g/mol. The normalized spacial score (nSPS) is 30.3. The molecule has 2 rings (SSSR count). The second-order valence-electron chi connectivity index (χ2n) is 10.3. The van der Waals surface area contributed by atoms with Crippen LogP contribution in [0.2, 0.25) is 0 Å². The molecule has 0 spiro atoms. The maximum Gasteiger partial charge on any atom is 0.405 e. The van der Waals surface area contributed by atoms with E-state index in [-0.39, 0.29) is 29.7 Å². The molecule has 1 heterocycles. The Bertz CT molecular complexity index is 1430. The summed E-state index contributed by atoms with van der Waals surface area (Å²) in [5.74, 6) is -3.41. The number of carbonyl (C=O) groups excluding carboxylic acids is 4. The van der Waals surface area contributed by atoms with Crippen molar-refractivity contribution >= 4 is 23.6 Å². The van der Waals surface area contributed by atoms with Gasteiger partial charge in [-0.15, -0.1) is 6.53 Å². The Labute approximate surface area is 254 Å². The zero-order valence-electron chi connectivity index (χ0n) is 29.6. The van der Waals surface area contributed by atoms with E-state index in [4.69, 9.17) is 26.8 Å². The SMILES string of the molecule is [2H]C([2H])=C([2H])C([2H])([2H])NC1=C2C[C@@H](C)C[C@H](OC)[C@@H](O)[C@@H](C)C=C(C)[C@H](OC(N)=O)[C@@H](OC)C=CC=C(C)C(=O)NC(=CC1=O)C2=O. The van der Waals surface area contributed by atoms with Crippen LogP contribution in [0.1, 0.15) is 47.4 Å². The van der Waals surface area contributed by atoms with E-state index in [1.807, 2.05) is 0 Å². The zero-order chi connectivity index (χ0) is 35.8. The average molecular weight is 591 g/mol. The maximum absolute atomic E-state index is 13.7. The number of carbonyl (C=O) groups is 4.